The minimum absolute atomic E-state index is 0.00479. The average molecular weight is 443 g/mol. The van der Waals surface area contributed by atoms with Crippen LogP contribution in [-0.4, -0.2) is 19.0 Å². The molecule has 1 aromatic rings. The third-order valence-electron chi connectivity index (χ3n) is 2.29. The molecular formula is C12H15Br3N2O. The van der Waals surface area contributed by atoms with E-state index in [1.165, 1.54) is 0 Å². The van der Waals surface area contributed by atoms with Gasteiger partial charge in [0.2, 0.25) is 5.91 Å². The number of halogens is 3. The summed E-state index contributed by atoms with van der Waals surface area (Å²) in [5.41, 5.74) is 0.879. The Morgan fingerprint density at radius 3 is 2.39 bits per heavy atom. The van der Waals surface area contributed by atoms with Crippen molar-refractivity contribution in [2.45, 2.75) is 19.8 Å². The zero-order chi connectivity index (χ0) is 13.5. The van der Waals surface area contributed by atoms with Gasteiger partial charge in [0.05, 0.1) is 12.2 Å². The number of unbranched alkanes of at least 4 members (excludes halogenated alkanes) is 1. The summed E-state index contributed by atoms with van der Waals surface area (Å²) in [4.78, 5) is 11.6. The van der Waals surface area contributed by atoms with Gasteiger partial charge in [0.15, 0.2) is 0 Å². The zero-order valence-electron chi connectivity index (χ0n) is 10.0. The molecule has 0 unspecified atom stereocenters. The SMILES string of the molecule is CCCCNC(=O)CNc1c(Br)cc(Br)cc1Br. The third-order valence-corrected chi connectivity index (χ3v) is 3.99. The average Bonchev–Trinajstić information content (AvgIpc) is 2.27. The topological polar surface area (TPSA) is 41.1 Å². The summed E-state index contributed by atoms with van der Waals surface area (Å²) >= 11 is 10.3. The van der Waals surface area contributed by atoms with Gasteiger partial charge in [-0.05, 0) is 50.4 Å². The maximum absolute atomic E-state index is 11.6. The zero-order valence-corrected chi connectivity index (χ0v) is 14.8. The minimum atomic E-state index is 0.00479. The number of carbonyl (C=O) groups excluding carboxylic acids is 1. The van der Waals surface area contributed by atoms with Crippen LogP contribution in [0.25, 0.3) is 0 Å². The third kappa shape index (κ3) is 5.28. The Kier molecular flexibility index (Phi) is 7.26. The molecule has 0 aliphatic carbocycles. The molecule has 0 aliphatic heterocycles. The van der Waals surface area contributed by atoms with Crippen molar-refractivity contribution in [3.8, 4) is 0 Å². The number of benzene rings is 1. The second-order valence-corrected chi connectivity index (χ2v) is 6.43. The number of hydrogen-bond donors (Lipinski definition) is 2. The lowest BCUT2D eigenvalue weighted by molar-refractivity contribution is -0.119. The monoisotopic (exact) mass is 440 g/mol. The molecule has 100 valence electrons. The van der Waals surface area contributed by atoms with E-state index in [2.05, 4.69) is 65.3 Å². The van der Waals surface area contributed by atoms with Gasteiger partial charge in [-0.25, -0.2) is 0 Å². The van der Waals surface area contributed by atoms with Crippen LogP contribution in [0.1, 0.15) is 19.8 Å². The molecule has 0 aliphatic rings. The molecule has 1 rings (SSSR count). The van der Waals surface area contributed by atoms with Gasteiger partial charge in [-0.15, -0.1) is 0 Å². The first-order chi connectivity index (χ1) is 8.54. The summed E-state index contributed by atoms with van der Waals surface area (Å²) in [6, 6.07) is 3.87. The molecular weight excluding hydrogens is 428 g/mol. The van der Waals surface area contributed by atoms with Crippen molar-refractivity contribution in [3.63, 3.8) is 0 Å². The van der Waals surface area contributed by atoms with Crippen LogP contribution >= 0.6 is 47.8 Å². The molecule has 6 heteroatoms. The molecule has 0 heterocycles. The van der Waals surface area contributed by atoms with E-state index in [-0.39, 0.29) is 12.5 Å². The minimum Gasteiger partial charge on any atom is -0.374 e. The number of hydrogen-bond acceptors (Lipinski definition) is 2. The fourth-order valence-electron chi connectivity index (χ4n) is 1.35. The van der Waals surface area contributed by atoms with Crippen molar-refractivity contribution >= 4 is 59.4 Å². The normalized spacial score (nSPS) is 10.2. The Labute approximate surface area is 132 Å². The van der Waals surface area contributed by atoms with Crippen LogP contribution in [0.2, 0.25) is 0 Å². The highest BCUT2D eigenvalue weighted by Crippen LogP contribution is 2.34. The molecule has 1 amide bonds. The van der Waals surface area contributed by atoms with Crippen molar-refractivity contribution in [3.05, 3.63) is 25.6 Å². The van der Waals surface area contributed by atoms with E-state index in [1.54, 1.807) is 0 Å². The molecule has 0 saturated carbocycles. The Morgan fingerprint density at radius 2 is 1.83 bits per heavy atom. The molecule has 0 saturated heterocycles. The largest absolute Gasteiger partial charge is 0.374 e. The van der Waals surface area contributed by atoms with Crippen LogP contribution in [0.15, 0.2) is 25.6 Å². The van der Waals surface area contributed by atoms with Crippen LogP contribution in [-0.2, 0) is 4.79 Å². The Balaban J connectivity index is 2.51. The van der Waals surface area contributed by atoms with Crippen LogP contribution in [0.3, 0.4) is 0 Å². The molecule has 18 heavy (non-hydrogen) atoms. The standard InChI is InChI=1S/C12H15Br3N2O/c1-2-3-4-16-11(18)7-17-12-9(14)5-8(13)6-10(12)15/h5-6,17H,2-4,7H2,1H3,(H,16,18). The lowest BCUT2D eigenvalue weighted by Gasteiger charge is -2.11. The predicted octanol–water partition coefficient (Wildman–Crippen LogP) is 4.30. The number of amides is 1. The molecule has 3 nitrogen and oxygen atoms in total. The maximum atomic E-state index is 11.6. The first-order valence-electron chi connectivity index (χ1n) is 5.69. The molecule has 0 atom stereocenters. The van der Waals surface area contributed by atoms with E-state index >= 15 is 0 Å². The molecule has 0 radical (unpaired) electrons. The highest BCUT2D eigenvalue weighted by Gasteiger charge is 2.08. The summed E-state index contributed by atoms with van der Waals surface area (Å²) in [6.45, 7) is 3.10. The van der Waals surface area contributed by atoms with Gasteiger partial charge < -0.3 is 10.6 Å². The molecule has 0 bridgehead atoms. The predicted molar refractivity (Wildman–Crippen MR) is 85.9 cm³/mol. The van der Waals surface area contributed by atoms with Gasteiger partial charge in [0.1, 0.15) is 0 Å². The summed E-state index contributed by atoms with van der Waals surface area (Å²) in [6.07, 6.45) is 2.09. The van der Waals surface area contributed by atoms with E-state index in [4.69, 9.17) is 0 Å². The number of carbonyl (C=O) groups is 1. The fraction of sp³-hybridized carbons (Fsp3) is 0.417. The van der Waals surface area contributed by atoms with E-state index < -0.39 is 0 Å². The van der Waals surface area contributed by atoms with Crippen molar-refractivity contribution < 1.29 is 4.79 Å². The smallest absolute Gasteiger partial charge is 0.239 e. The van der Waals surface area contributed by atoms with Gasteiger partial charge in [-0.3, -0.25) is 4.79 Å². The van der Waals surface area contributed by atoms with Gasteiger partial charge in [0, 0.05) is 20.0 Å². The highest BCUT2D eigenvalue weighted by molar-refractivity contribution is 9.11. The van der Waals surface area contributed by atoms with E-state index in [1.807, 2.05) is 12.1 Å². The Morgan fingerprint density at radius 1 is 1.22 bits per heavy atom. The maximum Gasteiger partial charge on any atom is 0.239 e. The van der Waals surface area contributed by atoms with Crippen LogP contribution in [0.4, 0.5) is 5.69 Å². The second-order valence-electron chi connectivity index (χ2n) is 3.80. The van der Waals surface area contributed by atoms with Crippen molar-refractivity contribution in [2.24, 2.45) is 0 Å². The summed E-state index contributed by atoms with van der Waals surface area (Å²) in [5.74, 6) is 0.00479. The van der Waals surface area contributed by atoms with Crippen molar-refractivity contribution in [2.75, 3.05) is 18.4 Å². The summed E-state index contributed by atoms with van der Waals surface area (Å²) < 4.78 is 2.79. The second kappa shape index (κ2) is 8.17. The van der Waals surface area contributed by atoms with Crippen molar-refractivity contribution in [1.82, 2.24) is 5.32 Å². The Bertz CT molecular complexity index is 401. The molecule has 0 fully saturated rings. The molecule has 0 spiro atoms. The van der Waals surface area contributed by atoms with E-state index in [0.717, 1.165) is 38.5 Å². The Hall–Kier alpha value is -0.0700. The highest BCUT2D eigenvalue weighted by atomic mass is 79.9. The number of rotatable bonds is 6. The molecule has 2 N–H and O–H groups in total. The first kappa shape index (κ1) is 16.0. The first-order valence-corrected chi connectivity index (χ1v) is 8.07. The van der Waals surface area contributed by atoms with Gasteiger partial charge in [-0.1, -0.05) is 29.3 Å². The van der Waals surface area contributed by atoms with Gasteiger partial charge >= 0.3 is 0 Å². The lowest BCUT2D eigenvalue weighted by atomic mass is 10.3. The van der Waals surface area contributed by atoms with E-state index in [9.17, 15) is 4.79 Å². The summed E-state index contributed by atoms with van der Waals surface area (Å²) in [5, 5.41) is 5.97. The van der Waals surface area contributed by atoms with Crippen LogP contribution in [0, 0.1) is 0 Å². The summed E-state index contributed by atoms with van der Waals surface area (Å²) in [7, 11) is 0. The lowest BCUT2D eigenvalue weighted by Crippen LogP contribution is -2.30. The number of nitrogens with one attached hydrogen (secondary N) is 2. The number of anilines is 1. The van der Waals surface area contributed by atoms with Gasteiger partial charge in [-0.2, -0.15) is 0 Å². The fourth-order valence-corrected chi connectivity index (χ4v) is 3.89. The quantitative estimate of drug-likeness (QED) is 0.645. The molecule has 0 aromatic heterocycles. The van der Waals surface area contributed by atoms with Gasteiger partial charge in [0.25, 0.3) is 0 Å². The van der Waals surface area contributed by atoms with Crippen LogP contribution in [0.5, 0.6) is 0 Å². The van der Waals surface area contributed by atoms with Crippen molar-refractivity contribution in [1.29, 1.82) is 0 Å². The van der Waals surface area contributed by atoms with E-state index in [0.29, 0.717) is 0 Å². The van der Waals surface area contributed by atoms with Crippen LogP contribution < -0.4 is 10.6 Å². The molecule has 1 aromatic carbocycles.